The lowest BCUT2D eigenvalue weighted by Crippen LogP contribution is -2.35. The molecule has 0 heterocycles. The van der Waals surface area contributed by atoms with Gasteiger partial charge in [0.2, 0.25) is 0 Å². The zero-order chi connectivity index (χ0) is 12.1. The number of hydrogen-bond acceptors (Lipinski definition) is 3. The Kier molecular flexibility index (Phi) is 3.90. The topological polar surface area (TPSA) is 53.3 Å². The molecule has 1 unspecified atom stereocenters. The molecule has 0 aromatic heterocycles. The van der Waals surface area contributed by atoms with Crippen molar-refractivity contribution in [3.05, 3.63) is 29.8 Å². The van der Waals surface area contributed by atoms with E-state index in [0.717, 1.165) is 0 Å². The van der Waals surface area contributed by atoms with Gasteiger partial charge in [0, 0.05) is 14.1 Å². The number of carbonyl (C=O) groups excluding carboxylic acids is 1. The quantitative estimate of drug-likeness (QED) is 0.770. The van der Waals surface area contributed by atoms with Gasteiger partial charge in [-0.15, -0.1) is 0 Å². The highest BCUT2D eigenvalue weighted by Crippen LogP contribution is 2.18. The van der Waals surface area contributed by atoms with E-state index in [2.05, 4.69) is 0 Å². The molecule has 1 aromatic carbocycles. The van der Waals surface area contributed by atoms with Crippen LogP contribution in [-0.4, -0.2) is 31.0 Å². The van der Waals surface area contributed by atoms with Gasteiger partial charge in [0.05, 0.1) is 5.56 Å². The summed E-state index contributed by atoms with van der Waals surface area (Å²) in [5.41, 5.74) is 0.431. The van der Waals surface area contributed by atoms with E-state index in [1.165, 1.54) is 4.90 Å². The highest BCUT2D eigenvalue weighted by Gasteiger charge is 2.17. The van der Waals surface area contributed by atoms with Gasteiger partial charge in [-0.2, -0.15) is 5.26 Å². The number of ether oxygens (including phenoxy) is 1. The van der Waals surface area contributed by atoms with Crippen LogP contribution in [0.4, 0.5) is 0 Å². The van der Waals surface area contributed by atoms with E-state index >= 15 is 0 Å². The first-order valence-electron chi connectivity index (χ1n) is 4.93. The molecule has 84 valence electrons. The highest BCUT2D eigenvalue weighted by atomic mass is 16.5. The molecule has 1 rings (SSSR count). The van der Waals surface area contributed by atoms with E-state index in [9.17, 15) is 4.79 Å². The number of hydrogen-bond donors (Lipinski definition) is 0. The zero-order valence-electron chi connectivity index (χ0n) is 9.60. The smallest absolute Gasteiger partial charge is 0.262 e. The second-order valence-electron chi connectivity index (χ2n) is 3.60. The van der Waals surface area contributed by atoms with Crippen molar-refractivity contribution in [2.45, 2.75) is 13.0 Å². The van der Waals surface area contributed by atoms with Gasteiger partial charge >= 0.3 is 0 Å². The van der Waals surface area contributed by atoms with Crippen molar-refractivity contribution in [1.82, 2.24) is 4.90 Å². The number of nitriles is 1. The van der Waals surface area contributed by atoms with E-state index < -0.39 is 6.10 Å². The number of benzene rings is 1. The van der Waals surface area contributed by atoms with Crippen LogP contribution >= 0.6 is 0 Å². The third kappa shape index (κ3) is 2.74. The summed E-state index contributed by atoms with van der Waals surface area (Å²) >= 11 is 0. The van der Waals surface area contributed by atoms with Crippen molar-refractivity contribution in [3.63, 3.8) is 0 Å². The van der Waals surface area contributed by atoms with Crippen LogP contribution in [0.3, 0.4) is 0 Å². The van der Waals surface area contributed by atoms with Crippen LogP contribution in [0.5, 0.6) is 5.75 Å². The highest BCUT2D eigenvalue weighted by molar-refractivity contribution is 5.80. The molecule has 0 aliphatic rings. The normalized spacial score (nSPS) is 11.4. The Morgan fingerprint density at radius 1 is 1.44 bits per heavy atom. The van der Waals surface area contributed by atoms with Crippen molar-refractivity contribution in [3.8, 4) is 11.8 Å². The van der Waals surface area contributed by atoms with Gasteiger partial charge in [0.1, 0.15) is 11.8 Å². The van der Waals surface area contributed by atoms with E-state index in [1.54, 1.807) is 45.3 Å². The van der Waals surface area contributed by atoms with Crippen molar-refractivity contribution in [2.75, 3.05) is 14.1 Å². The number of nitrogens with zero attached hydrogens (tertiary/aromatic N) is 2. The summed E-state index contributed by atoms with van der Waals surface area (Å²) in [5, 5.41) is 8.85. The van der Waals surface area contributed by atoms with Crippen molar-refractivity contribution in [2.24, 2.45) is 0 Å². The Labute approximate surface area is 95.0 Å². The average molecular weight is 218 g/mol. The van der Waals surface area contributed by atoms with Gasteiger partial charge in [-0.3, -0.25) is 4.79 Å². The Hall–Kier alpha value is -2.02. The minimum Gasteiger partial charge on any atom is -0.480 e. The summed E-state index contributed by atoms with van der Waals surface area (Å²) in [5.74, 6) is 0.306. The summed E-state index contributed by atoms with van der Waals surface area (Å²) in [6, 6.07) is 8.87. The predicted molar refractivity (Wildman–Crippen MR) is 59.9 cm³/mol. The maximum absolute atomic E-state index is 11.6. The zero-order valence-corrected chi connectivity index (χ0v) is 9.60. The predicted octanol–water partition coefficient (Wildman–Crippen LogP) is 1.41. The third-order valence-corrected chi connectivity index (χ3v) is 2.10. The van der Waals surface area contributed by atoms with E-state index in [4.69, 9.17) is 10.00 Å². The monoisotopic (exact) mass is 218 g/mol. The molecule has 0 spiro atoms. The summed E-state index contributed by atoms with van der Waals surface area (Å²) in [6.45, 7) is 1.66. The maximum atomic E-state index is 11.6. The van der Waals surface area contributed by atoms with Crippen LogP contribution in [-0.2, 0) is 4.79 Å². The summed E-state index contributed by atoms with van der Waals surface area (Å²) in [6.07, 6.45) is -0.593. The molecule has 0 bridgehead atoms. The van der Waals surface area contributed by atoms with Crippen LogP contribution < -0.4 is 4.74 Å². The Bertz CT molecular complexity index is 421. The molecular weight excluding hydrogens is 204 g/mol. The fourth-order valence-corrected chi connectivity index (χ4v) is 1.27. The molecule has 0 N–H and O–H groups in total. The molecule has 0 fully saturated rings. The Morgan fingerprint density at radius 3 is 2.62 bits per heavy atom. The van der Waals surface area contributed by atoms with E-state index in [0.29, 0.717) is 11.3 Å². The van der Waals surface area contributed by atoms with Crippen LogP contribution in [0, 0.1) is 11.3 Å². The van der Waals surface area contributed by atoms with Gasteiger partial charge in [-0.25, -0.2) is 0 Å². The lowest BCUT2D eigenvalue weighted by Gasteiger charge is -2.18. The van der Waals surface area contributed by atoms with Gasteiger partial charge in [0.15, 0.2) is 6.10 Å². The third-order valence-electron chi connectivity index (χ3n) is 2.10. The second kappa shape index (κ2) is 5.17. The summed E-state index contributed by atoms with van der Waals surface area (Å²) in [7, 11) is 3.33. The molecule has 1 atom stereocenters. The molecule has 0 aliphatic heterocycles. The molecule has 0 aliphatic carbocycles. The molecule has 16 heavy (non-hydrogen) atoms. The number of amides is 1. The first-order chi connectivity index (χ1) is 7.56. The van der Waals surface area contributed by atoms with Crippen LogP contribution in [0.25, 0.3) is 0 Å². The van der Waals surface area contributed by atoms with Gasteiger partial charge in [-0.1, -0.05) is 12.1 Å². The lowest BCUT2D eigenvalue weighted by atomic mass is 10.2. The van der Waals surface area contributed by atoms with Crippen molar-refractivity contribution in [1.29, 1.82) is 5.26 Å². The molecule has 0 radical (unpaired) electrons. The Balaban J connectivity index is 2.81. The van der Waals surface area contributed by atoms with Gasteiger partial charge in [0.25, 0.3) is 5.91 Å². The molecule has 4 heteroatoms. The minimum atomic E-state index is -0.593. The maximum Gasteiger partial charge on any atom is 0.262 e. The number of para-hydroxylation sites is 1. The number of carbonyl (C=O) groups is 1. The van der Waals surface area contributed by atoms with Gasteiger partial charge < -0.3 is 9.64 Å². The largest absolute Gasteiger partial charge is 0.480 e. The van der Waals surface area contributed by atoms with E-state index in [-0.39, 0.29) is 5.91 Å². The molecule has 0 saturated carbocycles. The van der Waals surface area contributed by atoms with Crippen molar-refractivity contribution < 1.29 is 9.53 Å². The first kappa shape index (κ1) is 12.1. The van der Waals surface area contributed by atoms with Crippen molar-refractivity contribution >= 4 is 5.91 Å². The summed E-state index contributed by atoms with van der Waals surface area (Å²) < 4.78 is 5.45. The summed E-state index contributed by atoms with van der Waals surface area (Å²) in [4.78, 5) is 13.0. The SMILES string of the molecule is CC(Oc1ccccc1C#N)C(=O)N(C)C. The van der Waals surface area contributed by atoms with Crippen LogP contribution in [0.1, 0.15) is 12.5 Å². The number of likely N-dealkylation sites (N-methyl/N-ethyl adjacent to an activating group) is 1. The van der Waals surface area contributed by atoms with E-state index in [1.807, 2.05) is 6.07 Å². The molecule has 1 amide bonds. The second-order valence-corrected chi connectivity index (χ2v) is 3.60. The van der Waals surface area contributed by atoms with Crippen LogP contribution in [0.2, 0.25) is 0 Å². The average Bonchev–Trinajstić information content (AvgIpc) is 2.28. The fourth-order valence-electron chi connectivity index (χ4n) is 1.27. The molecular formula is C12H14N2O2. The first-order valence-corrected chi connectivity index (χ1v) is 4.93. The van der Waals surface area contributed by atoms with Crippen LogP contribution in [0.15, 0.2) is 24.3 Å². The fraction of sp³-hybridized carbons (Fsp3) is 0.333. The molecule has 1 aromatic rings. The molecule has 4 nitrogen and oxygen atoms in total. The minimum absolute atomic E-state index is 0.132. The lowest BCUT2D eigenvalue weighted by molar-refractivity contribution is -0.135. The standard InChI is InChI=1S/C12H14N2O2/c1-9(12(15)14(2)3)16-11-7-5-4-6-10(11)8-13/h4-7,9H,1-3H3. The molecule has 0 saturated heterocycles. The Morgan fingerprint density at radius 2 is 2.06 bits per heavy atom. The number of rotatable bonds is 3. The van der Waals surface area contributed by atoms with Gasteiger partial charge in [-0.05, 0) is 19.1 Å².